The minimum atomic E-state index is 0. The molecule has 48 valence electrons. The minimum Gasteiger partial charge on any atom is -0.314 e. The number of nitrogens with one attached hydrogen (secondary N) is 1. The van der Waals surface area contributed by atoms with Crippen molar-refractivity contribution < 1.29 is 0 Å². The lowest BCUT2D eigenvalue weighted by Gasteiger charge is -2.29. The van der Waals surface area contributed by atoms with Crippen LogP contribution in [0.5, 0.6) is 0 Å². The van der Waals surface area contributed by atoms with Crippen LogP contribution in [-0.2, 0) is 0 Å². The van der Waals surface area contributed by atoms with Crippen LogP contribution in [0.1, 0.15) is 19.3 Å². The molecule has 0 aromatic heterocycles. The van der Waals surface area contributed by atoms with Gasteiger partial charge in [-0.25, -0.2) is 0 Å². The molecule has 0 aromatic carbocycles. The van der Waals surface area contributed by atoms with Crippen molar-refractivity contribution in [1.29, 1.82) is 0 Å². The Balaban J connectivity index is 0.000000320. The van der Waals surface area contributed by atoms with Gasteiger partial charge in [0.1, 0.15) is 0 Å². The van der Waals surface area contributed by atoms with Gasteiger partial charge >= 0.3 is 0 Å². The molecular weight excluding hydrogens is 122 g/mol. The molecule has 0 aromatic rings. The van der Waals surface area contributed by atoms with Crippen LogP contribution in [0, 0.1) is 5.92 Å². The van der Waals surface area contributed by atoms with Crippen molar-refractivity contribution >= 4 is 12.4 Å². The van der Waals surface area contributed by atoms with E-state index in [1.54, 1.807) is 0 Å². The molecule has 0 radical (unpaired) electrons. The van der Waals surface area contributed by atoms with Crippen LogP contribution in [0.4, 0.5) is 0 Å². The second-order valence-corrected chi connectivity index (χ2v) is 2.69. The standard InChI is InChI=1S/C6H11N.ClH/c1-2-6-5(1)3-4-7-6;/h5-7H,1-4H2;1H/t5-,6-;/m0./s1. The minimum absolute atomic E-state index is 0. The Morgan fingerprint density at radius 2 is 2.00 bits per heavy atom. The molecule has 2 aliphatic rings. The Morgan fingerprint density at radius 1 is 1.12 bits per heavy atom. The van der Waals surface area contributed by atoms with Gasteiger partial charge in [-0.15, -0.1) is 12.4 Å². The molecule has 1 nitrogen and oxygen atoms in total. The SMILES string of the molecule is C1C[C@@H]2CC[C@@H]2N1.Cl. The first-order valence-corrected chi connectivity index (χ1v) is 3.20. The van der Waals surface area contributed by atoms with Crippen molar-refractivity contribution in [3.05, 3.63) is 0 Å². The zero-order valence-electron chi connectivity index (χ0n) is 4.89. The fourth-order valence-electron chi connectivity index (χ4n) is 1.64. The van der Waals surface area contributed by atoms with Crippen LogP contribution in [0.2, 0.25) is 0 Å². The van der Waals surface area contributed by atoms with Gasteiger partial charge < -0.3 is 5.32 Å². The lowest BCUT2D eigenvalue weighted by molar-refractivity contribution is 0.276. The molecule has 2 fully saturated rings. The number of rotatable bonds is 0. The largest absolute Gasteiger partial charge is 0.314 e. The Labute approximate surface area is 56.3 Å². The van der Waals surface area contributed by atoms with Crippen LogP contribution in [0.25, 0.3) is 0 Å². The molecule has 8 heavy (non-hydrogen) atoms. The second-order valence-electron chi connectivity index (χ2n) is 2.69. The third kappa shape index (κ3) is 0.741. The summed E-state index contributed by atoms with van der Waals surface area (Å²) in [5.74, 6) is 1.08. The summed E-state index contributed by atoms with van der Waals surface area (Å²) in [6, 6.07) is 0.944. The zero-order chi connectivity index (χ0) is 4.69. The van der Waals surface area contributed by atoms with Gasteiger partial charge in [-0.05, 0) is 31.7 Å². The van der Waals surface area contributed by atoms with Crippen LogP contribution >= 0.6 is 12.4 Å². The zero-order valence-corrected chi connectivity index (χ0v) is 5.71. The molecule has 0 spiro atoms. The van der Waals surface area contributed by atoms with Crippen molar-refractivity contribution in [1.82, 2.24) is 5.32 Å². The van der Waals surface area contributed by atoms with E-state index < -0.39 is 0 Å². The lowest BCUT2D eigenvalue weighted by atomic mass is 9.81. The van der Waals surface area contributed by atoms with Gasteiger partial charge in [0.15, 0.2) is 0 Å². The Morgan fingerprint density at radius 3 is 2.25 bits per heavy atom. The van der Waals surface area contributed by atoms with Crippen LogP contribution in [-0.4, -0.2) is 12.6 Å². The quantitative estimate of drug-likeness (QED) is 0.524. The molecular formula is C6H12ClN. The number of hydrogen-bond acceptors (Lipinski definition) is 1. The number of hydrogen-bond donors (Lipinski definition) is 1. The molecule has 2 rings (SSSR count). The summed E-state index contributed by atoms with van der Waals surface area (Å²) >= 11 is 0. The molecule has 2 atom stereocenters. The maximum atomic E-state index is 3.46. The first kappa shape index (κ1) is 6.37. The summed E-state index contributed by atoms with van der Waals surface area (Å²) in [4.78, 5) is 0. The topological polar surface area (TPSA) is 12.0 Å². The molecule has 1 aliphatic carbocycles. The van der Waals surface area contributed by atoms with Gasteiger partial charge in [0.25, 0.3) is 0 Å². The third-order valence-electron chi connectivity index (χ3n) is 2.34. The lowest BCUT2D eigenvalue weighted by Crippen LogP contribution is -2.34. The second kappa shape index (κ2) is 2.24. The van der Waals surface area contributed by atoms with Gasteiger partial charge in [-0.1, -0.05) is 0 Å². The van der Waals surface area contributed by atoms with E-state index in [2.05, 4.69) is 5.32 Å². The first-order chi connectivity index (χ1) is 3.47. The fraction of sp³-hybridized carbons (Fsp3) is 1.00. The highest BCUT2D eigenvalue weighted by molar-refractivity contribution is 5.85. The summed E-state index contributed by atoms with van der Waals surface area (Å²) < 4.78 is 0. The first-order valence-electron chi connectivity index (χ1n) is 3.20. The molecule has 1 saturated heterocycles. The van der Waals surface area contributed by atoms with Crippen molar-refractivity contribution in [3.8, 4) is 0 Å². The molecule has 2 heteroatoms. The van der Waals surface area contributed by atoms with E-state index in [9.17, 15) is 0 Å². The van der Waals surface area contributed by atoms with E-state index in [-0.39, 0.29) is 12.4 Å². The van der Waals surface area contributed by atoms with E-state index in [4.69, 9.17) is 0 Å². The summed E-state index contributed by atoms with van der Waals surface area (Å²) in [6.07, 6.45) is 4.40. The highest BCUT2D eigenvalue weighted by Gasteiger charge is 2.33. The van der Waals surface area contributed by atoms with Gasteiger partial charge in [0.05, 0.1) is 0 Å². The van der Waals surface area contributed by atoms with E-state index in [1.807, 2.05) is 0 Å². The summed E-state index contributed by atoms with van der Waals surface area (Å²) in [5.41, 5.74) is 0. The number of halogens is 1. The molecule has 1 heterocycles. The average molecular weight is 134 g/mol. The molecule has 0 bridgehead atoms. The van der Waals surface area contributed by atoms with E-state index >= 15 is 0 Å². The molecule has 0 amide bonds. The molecule has 1 aliphatic heterocycles. The Bertz CT molecular complexity index is 74.6. The van der Waals surface area contributed by atoms with Crippen molar-refractivity contribution in [3.63, 3.8) is 0 Å². The van der Waals surface area contributed by atoms with E-state index in [1.165, 1.54) is 25.8 Å². The highest BCUT2D eigenvalue weighted by Crippen LogP contribution is 2.33. The van der Waals surface area contributed by atoms with Crippen molar-refractivity contribution in [2.24, 2.45) is 5.92 Å². The maximum absolute atomic E-state index is 3.46. The van der Waals surface area contributed by atoms with Crippen molar-refractivity contribution in [2.75, 3.05) is 6.54 Å². The van der Waals surface area contributed by atoms with E-state index in [0.717, 1.165) is 12.0 Å². The number of fused-ring (bicyclic) bond motifs is 1. The van der Waals surface area contributed by atoms with E-state index in [0.29, 0.717) is 0 Å². The van der Waals surface area contributed by atoms with Gasteiger partial charge in [0, 0.05) is 6.04 Å². The Hall–Kier alpha value is 0.250. The van der Waals surface area contributed by atoms with Gasteiger partial charge in [-0.2, -0.15) is 0 Å². The highest BCUT2D eigenvalue weighted by atomic mass is 35.5. The maximum Gasteiger partial charge on any atom is 0.00959 e. The summed E-state index contributed by atoms with van der Waals surface area (Å²) in [5, 5.41) is 3.46. The monoisotopic (exact) mass is 133 g/mol. The normalized spacial score (nSPS) is 42.0. The van der Waals surface area contributed by atoms with Gasteiger partial charge in [0.2, 0.25) is 0 Å². The third-order valence-corrected chi connectivity index (χ3v) is 2.34. The molecule has 1 saturated carbocycles. The van der Waals surface area contributed by atoms with Gasteiger partial charge in [-0.3, -0.25) is 0 Å². The predicted octanol–water partition coefficient (Wildman–Crippen LogP) is 1.18. The summed E-state index contributed by atoms with van der Waals surface area (Å²) in [7, 11) is 0. The molecule has 0 unspecified atom stereocenters. The molecule has 1 N–H and O–H groups in total. The summed E-state index contributed by atoms with van der Waals surface area (Å²) in [6.45, 7) is 1.29. The van der Waals surface area contributed by atoms with Crippen LogP contribution in [0.15, 0.2) is 0 Å². The Kier molecular flexibility index (Phi) is 1.78. The van der Waals surface area contributed by atoms with Crippen LogP contribution in [0.3, 0.4) is 0 Å². The van der Waals surface area contributed by atoms with Crippen LogP contribution < -0.4 is 5.32 Å². The predicted molar refractivity (Wildman–Crippen MR) is 36.4 cm³/mol. The fourth-order valence-corrected chi connectivity index (χ4v) is 1.64. The average Bonchev–Trinajstić information content (AvgIpc) is 1.85. The smallest absolute Gasteiger partial charge is 0.00959 e. The van der Waals surface area contributed by atoms with Crippen molar-refractivity contribution in [2.45, 2.75) is 25.3 Å².